The predicted molar refractivity (Wildman–Crippen MR) is 53.6 cm³/mol. The summed E-state index contributed by atoms with van der Waals surface area (Å²) < 4.78 is 10.1. The van der Waals surface area contributed by atoms with Gasteiger partial charge in [0, 0.05) is 0 Å². The Labute approximate surface area is 85.3 Å². The SMILES string of the molecule is N#CCOc1cc(=O)oc2ccccc12. The highest BCUT2D eigenvalue weighted by atomic mass is 16.5. The van der Waals surface area contributed by atoms with Gasteiger partial charge in [-0.1, -0.05) is 12.1 Å². The van der Waals surface area contributed by atoms with Crippen LogP contribution in [0.3, 0.4) is 0 Å². The largest absolute Gasteiger partial charge is 0.478 e. The number of para-hydroxylation sites is 1. The fourth-order valence-electron chi connectivity index (χ4n) is 1.31. The Morgan fingerprint density at radius 3 is 3.00 bits per heavy atom. The Kier molecular flexibility index (Phi) is 2.38. The standard InChI is InChI=1S/C11H7NO3/c12-5-6-14-10-7-11(13)15-9-4-2-1-3-8(9)10/h1-4,7H,6H2. The van der Waals surface area contributed by atoms with Gasteiger partial charge in [-0.25, -0.2) is 4.79 Å². The summed E-state index contributed by atoms with van der Waals surface area (Å²) in [4.78, 5) is 11.1. The monoisotopic (exact) mass is 201 g/mol. The lowest BCUT2D eigenvalue weighted by Gasteiger charge is -2.03. The van der Waals surface area contributed by atoms with Crippen LogP contribution in [0.1, 0.15) is 0 Å². The Hall–Kier alpha value is -2.28. The zero-order chi connectivity index (χ0) is 10.7. The van der Waals surface area contributed by atoms with E-state index in [1.807, 2.05) is 12.1 Å². The summed E-state index contributed by atoms with van der Waals surface area (Å²) in [5, 5.41) is 9.08. The highest BCUT2D eigenvalue weighted by molar-refractivity contribution is 5.82. The van der Waals surface area contributed by atoms with Crippen molar-refractivity contribution in [2.75, 3.05) is 6.61 Å². The minimum atomic E-state index is -0.485. The number of hydrogen-bond acceptors (Lipinski definition) is 4. The summed E-state index contributed by atoms with van der Waals surface area (Å²) in [6.45, 7) is -0.0898. The van der Waals surface area contributed by atoms with Crippen LogP contribution in [0.4, 0.5) is 0 Å². The second-order valence-corrected chi connectivity index (χ2v) is 2.87. The van der Waals surface area contributed by atoms with E-state index in [1.54, 1.807) is 18.2 Å². The molecule has 2 aromatic rings. The van der Waals surface area contributed by atoms with Gasteiger partial charge < -0.3 is 9.15 Å². The van der Waals surface area contributed by atoms with Crippen molar-refractivity contribution in [1.82, 2.24) is 0 Å². The van der Waals surface area contributed by atoms with Crippen LogP contribution >= 0.6 is 0 Å². The molecule has 1 aromatic carbocycles. The summed E-state index contributed by atoms with van der Waals surface area (Å²) in [5.74, 6) is 0.378. The topological polar surface area (TPSA) is 63.2 Å². The van der Waals surface area contributed by atoms with Crippen molar-refractivity contribution in [3.8, 4) is 11.8 Å². The summed E-state index contributed by atoms with van der Waals surface area (Å²) in [5.41, 5.74) is -0.0282. The Balaban J connectivity index is 2.62. The van der Waals surface area contributed by atoms with E-state index >= 15 is 0 Å². The van der Waals surface area contributed by atoms with E-state index in [0.717, 1.165) is 0 Å². The number of fused-ring (bicyclic) bond motifs is 1. The molecule has 0 unspecified atom stereocenters. The van der Waals surface area contributed by atoms with Crippen molar-refractivity contribution in [3.05, 3.63) is 40.8 Å². The van der Waals surface area contributed by atoms with E-state index in [-0.39, 0.29) is 6.61 Å². The maximum absolute atomic E-state index is 11.1. The molecule has 1 heterocycles. The van der Waals surface area contributed by atoms with Crippen LogP contribution in [0, 0.1) is 11.3 Å². The van der Waals surface area contributed by atoms with Crippen LogP contribution in [0.25, 0.3) is 11.0 Å². The van der Waals surface area contributed by atoms with Crippen LogP contribution in [0.5, 0.6) is 5.75 Å². The van der Waals surface area contributed by atoms with Gasteiger partial charge in [0.15, 0.2) is 6.61 Å². The van der Waals surface area contributed by atoms with Gasteiger partial charge in [0.25, 0.3) is 0 Å². The molecule has 15 heavy (non-hydrogen) atoms. The van der Waals surface area contributed by atoms with Crippen molar-refractivity contribution >= 4 is 11.0 Å². The second-order valence-electron chi connectivity index (χ2n) is 2.87. The van der Waals surface area contributed by atoms with Gasteiger partial charge in [0.2, 0.25) is 0 Å². The van der Waals surface area contributed by atoms with E-state index in [2.05, 4.69) is 0 Å². The number of benzene rings is 1. The van der Waals surface area contributed by atoms with Crippen molar-refractivity contribution in [2.24, 2.45) is 0 Å². The first-order valence-electron chi connectivity index (χ1n) is 4.34. The summed E-state index contributed by atoms with van der Waals surface area (Å²) in [6, 6.07) is 10.1. The Morgan fingerprint density at radius 2 is 2.20 bits per heavy atom. The Morgan fingerprint density at radius 1 is 1.40 bits per heavy atom. The summed E-state index contributed by atoms with van der Waals surface area (Å²) >= 11 is 0. The second kappa shape index (κ2) is 3.84. The molecule has 0 saturated heterocycles. The van der Waals surface area contributed by atoms with Gasteiger partial charge in [-0.15, -0.1) is 0 Å². The van der Waals surface area contributed by atoms with Gasteiger partial charge in [-0.3, -0.25) is 0 Å². The molecule has 1 aromatic heterocycles. The number of ether oxygens (including phenoxy) is 1. The van der Waals surface area contributed by atoms with Gasteiger partial charge in [-0.2, -0.15) is 5.26 Å². The Bertz CT molecular complexity index is 580. The molecule has 0 aliphatic rings. The molecule has 2 rings (SSSR count). The smallest absolute Gasteiger partial charge is 0.339 e. The van der Waals surface area contributed by atoms with E-state index in [1.165, 1.54) is 6.07 Å². The molecule has 0 amide bonds. The van der Waals surface area contributed by atoms with E-state index in [4.69, 9.17) is 14.4 Å². The molecule has 4 heteroatoms. The molecule has 74 valence electrons. The highest BCUT2D eigenvalue weighted by Crippen LogP contribution is 2.22. The quantitative estimate of drug-likeness (QED) is 0.693. The number of nitrogens with zero attached hydrogens (tertiary/aromatic N) is 1. The lowest BCUT2D eigenvalue weighted by molar-refractivity contribution is 0.368. The van der Waals surface area contributed by atoms with Crippen molar-refractivity contribution < 1.29 is 9.15 Å². The molecule has 0 aliphatic carbocycles. The van der Waals surface area contributed by atoms with Crippen molar-refractivity contribution in [1.29, 1.82) is 5.26 Å². The van der Waals surface area contributed by atoms with Crippen LogP contribution in [0.15, 0.2) is 39.5 Å². The average molecular weight is 201 g/mol. The summed E-state index contributed by atoms with van der Waals surface area (Å²) in [7, 11) is 0. The fraction of sp³-hybridized carbons (Fsp3) is 0.0909. The first-order chi connectivity index (χ1) is 7.31. The minimum absolute atomic E-state index is 0.0898. The molecular formula is C11H7NO3. The molecule has 0 radical (unpaired) electrons. The number of hydrogen-bond donors (Lipinski definition) is 0. The van der Waals surface area contributed by atoms with Crippen LogP contribution in [-0.2, 0) is 0 Å². The maximum Gasteiger partial charge on any atom is 0.339 e. The molecule has 0 spiro atoms. The molecule has 0 fully saturated rings. The number of nitriles is 1. The third kappa shape index (κ3) is 1.81. The normalized spacial score (nSPS) is 9.80. The van der Waals surface area contributed by atoms with Gasteiger partial charge in [0.05, 0.1) is 11.5 Å². The molecule has 0 aliphatic heterocycles. The van der Waals surface area contributed by atoms with Crippen LogP contribution in [0.2, 0.25) is 0 Å². The van der Waals surface area contributed by atoms with E-state index < -0.39 is 5.63 Å². The molecule has 0 bridgehead atoms. The first kappa shape index (κ1) is 9.28. The van der Waals surface area contributed by atoms with Gasteiger partial charge in [-0.05, 0) is 12.1 Å². The predicted octanol–water partition coefficient (Wildman–Crippen LogP) is 1.70. The molecule has 4 nitrogen and oxygen atoms in total. The third-order valence-electron chi connectivity index (χ3n) is 1.90. The average Bonchev–Trinajstić information content (AvgIpc) is 2.25. The lowest BCUT2D eigenvalue weighted by Crippen LogP contribution is -2.01. The van der Waals surface area contributed by atoms with Crippen molar-refractivity contribution in [3.63, 3.8) is 0 Å². The zero-order valence-corrected chi connectivity index (χ0v) is 7.77. The molecule has 0 atom stereocenters. The minimum Gasteiger partial charge on any atom is -0.478 e. The van der Waals surface area contributed by atoms with Crippen LogP contribution in [-0.4, -0.2) is 6.61 Å². The van der Waals surface area contributed by atoms with Gasteiger partial charge in [0.1, 0.15) is 17.4 Å². The molecule has 0 N–H and O–H groups in total. The first-order valence-corrected chi connectivity index (χ1v) is 4.34. The molecule has 0 saturated carbocycles. The maximum atomic E-state index is 11.1. The molecular weight excluding hydrogens is 194 g/mol. The van der Waals surface area contributed by atoms with E-state index in [9.17, 15) is 4.79 Å². The van der Waals surface area contributed by atoms with E-state index in [0.29, 0.717) is 16.7 Å². The summed E-state index contributed by atoms with van der Waals surface area (Å²) in [6.07, 6.45) is 0. The fourth-order valence-corrected chi connectivity index (χ4v) is 1.31. The van der Waals surface area contributed by atoms with Crippen LogP contribution < -0.4 is 10.4 Å². The number of rotatable bonds is 2. The van der Waals surface area contributed by atoms with Gasteiger partial charge >= 0.3 is 5.63 Å². The third-order valence-corrected chi connectivity index (χ3v) is 1.90. The highest BCUT2D eigenvalue weighted by Gasteiger charge is 2.04. The zero-order valence-electron chi connectivity index (χ0n) is 7.77. The lowest BCUT2D eigenvalue weighted by atomic mass is 10.2. The van der Waals surface area contributed by atoms with Crippen molar-refractivity contribution in [2.45, 2.75) is 0 Å².